The summed E-state index contributed by atoms with van der Waals surface area (Å²) < 4.78 is 0. The van der Waals surface area contributed by atoms with Gasteiger partial charge in [0.2, 0.25) is 0 Å². The smallest absolute Gasteiger partial charge is 0.339 e. The van der Waals surface area contributed by atoms with Crippen molar-refractivity contribution in [3.05, 3.63) is 57.9 Å². The van der Waals surface area contributed by atoms with Crippen LogP contribution < -0.4 is 5.32 Å². The second kappa shape index (κ2) is 6.51. The molecule has 0 spiro atoms. The van der Waals surface area contributed by atoms with Crippen LogP contribution in [0.25, 0.3) is 11.3 Å². The van der Waals surface area contributed by atoms with Gasteiger partial charge in [-0.1, -0.05) is 17.7 Å². The fourth-order valence-corrected chi connectivity index (χ4v) is 3.03. The summed E-state index contributed by atoms with van der Waals surface area (Å²) >= 11 is 7.44. The molecule has 122 valence electrons. The summed E-state index contributed by atoms with van der Waals surface area (Å²) in [6, 6.07) is 9.99. The molecule has 0 amide bonds. The van der Waals surface area contributed by atoms with Gasteiger partial charge in [-0.25, -0.2) is 9.78 Å². The maximum Gasteiger partial charge on any atom is 0.339 e. The van der Waals surface area contributed by atoms with E-state index >= 15 is 0 Å². The van der Waals surface area contributed by atoms with Crippen LogP contribution in [-0.4, -0.2) is 21.2 Å². The van der Waals surface area contributed by atoms with E-state index in [9.17, 15) is 9.90 Å². The number of hydrogen-bond donors (Lipinski definition) is 3. The van der Waals surface area contributed by atoms with E-state index in [4.69, 9.17) is 16.7 Å². The zero-order chi connectivity index (χ0) is 17.3. The first-order valence-corrected chi connectivity index (χ1v) is 8.25. The van der Waals surface area contributed by atoms with Crippen molar-refractivity contribution in [3.63, 3.8) is 0 Å². The third kappa shape index (κ3) is 3.34. The van der Waals surface area contributed by atoms with Gasteiger partial charge in [-0.2, -0.15) is 0 Å². The molecular formula is C17H13ClN2O3S. The molecule has 0 atom stereocenters. The van der Waals surface area contributed by atoms with Crippen molar-refractivity contribution in [2.24, 2.45) is 0 Å². The van der Waals surface area contributed by atoms with Crippen LogP contribution >= 0.6 is 22.9 Å². The summed E-state index contributed by atoms with van der Waals surface area (Å²) in [6.45, 7) is 1.93. The number of halogens is 1. The average Bonchev–Trinajstić information content (AvgIpc) is 3.00. The summed E-state index contributed by atoms with van der Waals surface area (Å²) in [6.07, 6.45) is 0. The molecule has 3 N–H and O–H groups in total. The monoisotopic (exact) mass is 360 g/mol. The Morgan fingerprint density at radius 2 is 2.04 bits per heavy atom. The van der Waals surface area contributed by atoms with E-state index in [0.717, 1.165) is 16.8 Å². The molecule has 0 saturated carbocycles. The number of thiazole rings is 1. The number of aromatic carboxylic acids is 1. The molecule has 1 heterocycles. The fraction of sp³-hybridized carbons (Fsp3) is 0.0588. The number of nitrogens with zero attached hydrogens (tertiary/aromatic N) is 1. The predicted octanol–water partition coefficient (Wildman–Crippen LogP) is 4.92. The van der Waals surface area contributed by atoms with Gasteiger partial charge in [0, 0.05) is 21.7 Å². The minimum absolute atomic E-state index is 0.162. The van der Waals surface area contributed by atoms with Gasteiger partial charge < -0.3 is 15.5 Å². The van der Waals surface area contributed by atoms with Crippen LogP contribution in [0.15, 0.2) is 41.8 Å². The van der Waals surface area contributed by atoms with E-state index in [2.05, 4.69) is 10.3 Å². The lowest BCUT2D eigenvalue weighted by Gasteiger charge is -2.05. The average molecular weight is 361 g/mol. The maximum absolute atomic E-state index is 11.1. The van der Waals surface area contributed by atoms with Crippen LogP contribution in [-0.2, 0) is 0 Å². The van der Waals surface area contributed by atoms with Crippen LogP contribution in [0.1, 0.15) is 15.9 Å². The SMILES string of the molecule is Cc1cc(-c2csc(Nc3ccc(O)c(C(=O)O)c3)n2)ccc1Cl. The molecule has 0 aliphatic carbocycles. The number of carboxylic acids is 1. The van der Waals surface area contributed by atoms with Gasteiger partial charge in [0.25, 0.3) is 0 Å². The Labute approximate surface area is 147 Å². The number of rotatable bonds is 4. The van der Waals surface area contributed by atoms with Crippen molar-refractivity contribution in [1.82, 2.24) is 4.98 Å². The van der Waals surface area contributed by atoms with E-state index in [1.807, 2.05) is 30.5 Å². The maximum atomic E-state index is 11.1. The predicted molar refractivity (Wildman–Crippen MR) is 95.6 cm³/mol. The lowest BCUT2D eigenvalue weighted by Crippen LogP contribution is -1.98. The Bertz CT molecular complexity index is 924. The molecule has 5 nitrogen and oxygen atoms in total. The largest absolute Gasteiger partial charge is 0.507 e. The lowest BCUT2D eigenvalue weighted by molar-refractivity contribution is 0.0694. The number of hydrogen-bond acceptors (Lipinski definition) is 5. The summed E-state index contributed by atoms with van der Waals surface area (Å²) in [4.78, 5) is 15.6. The first-order valence-electron chi connectivity index (χ1n) is 6.99. The normalized spacial score (nSPS) is 10.6. The van der Waals surface area contributed by atoms with Crippen LogP contribution in [0.2, 0.25) is 5.02 Å². The van der Waals surface area contributed by atoms with Crippen molar-refractivity contribution >= 4 is 39.7 Å². The molecule has 3 aromatic rings. The molecule has 0 saturated heterocycles. The third-order valence-corrected chi connectivity index (χ3v) is 4.62. The molecule has 0 bridgehead atoms. The van der Waals surface area contributed by atoms with Crippen molar-refractivity contribution in [2.75, 3.05) is 5.32 Å². The Kier molecular flexibility index (Phi) is 4.42. The Hall–Kier alpha value is -2.57. The van der Waals surface area contributed by atoms with E-state index in [0.29, 0.717) is 15.8 Å². The number of nitrogens with one attached hydrogen (secondary N) is 1. The number of carbonyl (C=O) groups is 1. The molecule has 2 aromatic carbocycles. The molecular weight excluding hydrogens is 348 g/mol. The number of aromatic hydroxyl groups is 1. The summed E-state index contributed by atoms with van der Waals surface area (Å²) in [7, 11) is 0. The summed E-state index contributed by atoms with van der Waals surface area (Å²) in [5, 5.41) is 24.9. The highest BCUT2D eigenvalue weighted by atomic mass is 35.5. The summed E-state index contributed by atoms with van der Waals surface area (Å²) in [5.41, 5.74) is 3.11. The molecule has 0 radical (unpaired) electrons. The van der Waals surface area contributed by atoms with Crippen molar-refractivity contribution in [3.8, 4) is 17.0 Å². The number of carboxylic acid groups (broad SMARTS) is 1. The molecule has 24 heavy (non-hydrogen) atoms. The summed E-state index contributed by atoms with van der Waals surface area (Å²) in [5.74, 6) is -1.46. The third-order valence-electron chi connectivity index (χ3n) is 3.44. The highest BCUT2D eigenvalue weighted by Crippen LogP contribution is 2.30. The van der Waals surface area contributed by atoms with E-state index < -0.39 is 5.97 Å². The van der Waals surface area contributed by atoms with Gasteiger partial charge in [0.15, 0.2) is 5.13 Å². The Morgan fingerprint density at radius 1 is 1.25 bits per heavy atom. The zero-order valence-electron chi connectivity index (χ0n) is 12.6. The van der Waals surface area contributed by atoms with Crippen LogP contribution in [0.5, 0.6) is 5.75 Å². The Balaban J connectivity index is 1.85. The number of aryl methyl sites for hydroxylation is 1. The quantitative estimate of drug-likeness (QED) is 0.575. The number of anilines is 2. The lowest BCUT2D eigenvalue weighted by atomic mass is 10.1. The topological polar surface area (TPSA) is 82.5 Å². The molecule has 0 fully saturated rings. The van der Waals surface area contributed by atoms with E-state index in [1.54, 1.807) is 6.07 Å². The molecule has 0 aliphatic rings. The van der Waals surface area contributed by atoms with Gasteiger partial charge in [0.1, 0.15) is 11.3 Å². The standard InChI is InChI=1S/C17H13ClN2O3S/c1-9-6-10(2-4-13(9)18)14-8-24-17(20-14)19-11-3-5-15(21)12(7-11)16(22)23/h2-8,21H,1H3,(H,19,20)(H,22,23). The first-order chi connectivity index (χ1) is 11.4. The van der Waals surface area contributed by atoms with Gasteiger partial charge >= 0.3 is 5.97 Å². The van der Waals surface area contributed by atoms with Crippen molar-refractivity contribution in [2.45, 2.75) is 6.92 Å². The van der Waals surface area contributed by atoms with Crippen molar-refractivity contribution < 1.29 is 15.0 Å². The van der Waals surface area contributed by atoms with Gasteiger partial charge in [0.05, 0.1) is 5.69 Å². The highest BCUT2D eigenvalue weighted by Gasteiger charge is 2.11. The Morgan fingerprint density at radius 3 is 2.75 bits per heavy atom. The zero-order valence-corrected chi connectivity index (χ0v) is 14.1. The van der Waals surface area contributed by atoms with Crippen LogP contribution in [0.4, 0.5) is 10.8 Å². The van der Waals surface area contributed by atoms with Gasteiger partial charge in [-0.3, -0.25) is 0 Å². The molecule has 0 aliphatic heterocycles. The molecule has 0 unspecified atom stereocenters. The number of phenols is 1. The second-order valence-corrected chi connectivity index (χ2v) is 6.43. The highest BCUT2D eigenvalue weighted by molar-refractivity contribution is 7.14. The van der Waals surface area contributed by atoms with Crippen molar-refractivity contribution in [1.29, 1.82) is 0 Å². The molecule has 3 rings (SSSR count). The fourth-order valence-electron chi connectivity index (χ4n) is 2.18. The minimum atomic E-state index is -1.19. The first kappa shape index (κ1) is 16.3. The number of benzene rings is 2. The number of aromatic nitrogens is 1. The molecule has 7 heteroatoms. The van der Waals surface area contributed by atoms with Crippen LogP contribution in [0.3, 0.4) is 0 Å². The van der Waals surface area contributed by atoms with Gasteiger partial charge in [-0.15, -0.1) is 11.3 Å². The van der Waals surface area contributed by atoms with Crippen LogP contribution in [0, 0.1) is 6.92 Å². The molecule has 1 aromatic heterocycles. The van der Waals surface area contributed by atoms with E-state index in [-0.39, 0.29) is 11.3 Å². The second-order valence-electron chi connectivity index (χ2n) is 5.16. The minimum Gasteiger partial charge on any atom is -0.507 e. The van der Waals surface area contributed by atoms with E-state index in [1.165, 1.54) is 23.5 Å². The van der Waals surface area contributed by atoms with Gasteiger partial charge in [-0.05, 0) is 42.8 Å².